The van der Waals surface area contributed by atoms with E-state index < -0.39 is 0 Å². The zero-order valence-electron chi connectivity index (χ0n) is 10.9. The van der Waals surface area contributed by atoms with E-state index in [1.54, 1.807) is 7.11 Å². The molecule has 0 bridgehead atoms. The zero-order valence-corrected chi connectivity index (χ0v) is 10.9. The third-order valence-electron chi connectivity index (χ3n) is 3.06. The molecule has 4 heteroatoms. The Morgan fingerprint density at radius 2 is 2.33 bits per heavy atom. The van der Waals surface area contributed by atoms with Gasteiger partial charge < -0.3 is 20.1 Å². The lowest BCUT2D eigenvalue weighted by Crippen LogP contribution is -2.22. The standard InChI is InChI=1S/C14H22N2O2/c1-17-7-8-18-11-12-3-2-4-13(9-12)16-14-5-6-15-10-14/h2-4,9,14-16H,5-8,10-11H2,1H3. The summed E-state index contributed by atoms with van der Waals surface area (Å²) in [7, 11) is 1.68. The molecular formula is C14H22N2O2. The Balaban J connectivity index is 1.80. The van der Waals surface area contributed by atoms with Gasteiger partial charge in [0.05, 0.1) is 19.8 Å². The number of benzene rings is 1. The highest BCUT2D eigenvalue weighted by Crippen LogP contribution is 2.14. The second kappa shape index (κ2) is 7.36. The van der Waals surface area contributed by atoms with Gasteiger partial charge in [-0.05, 0) is 30.7 Å². The number of hydrogen-bond acceptors (Lipinski definition) is 4. The van der Waals surface area contributed by atoms with Crippen LogP contribution in [0.1, 0.15) is 12.0 Å². The first-order chi connectivity index (χ1) is 8.88. The van der Waals surface area contributed by atoms with Crippen LogP contribution in [0.25, 0.3) is 0 Å². The highest BCUT2D eigenvalue weighted by molar-refractivity contribution is 5.46. The van der Waals surface area contributed by atoms with Gasteiger partial charge in [-0.2, -0.15) is 0 Å². The monoisotopic (exact) mass is 250 g/mol. The lowest BCUT2D eigenvalue weighted by atomic mass is 10.2. The molecule has 0 aromatic heterocycles. The minimum atomic E-state index is 0.551. The summed E-state index contributed by atoms with van der Waals surface area (Å²) in [6.07, 6.45) is 1.19. The summed E-state index contributed by atoms with van der Waals surface area (Å²) in [5, 5.41) is 6.89. The smallest absolute Gasteiger partial charge is 0.0718 e. The molecular weight excluding hydrogens is 228 g/mol. The Bertz CT molecular complexity index is 351. The van der Waals surface area contributed by atoms with Crippen LogP contribution in [0.3, 0.4) is 0 Å². The average molecular weight is 250 g/mol. The Hall–Kier alpha value is -1.10. The Morgan fingerprint density at radius 1 is 1.39 bits per heavy atom. The van der Waals surface area contributed by atoms with E-state index in [2.05, 4.69) is 34.9 Å². The van der Waals surface area contributed by atoms with Crippen LogP contribution < -0.4 is 10.6 Å². The molecule has 2 rings (SSSR count). The van der Waals surface area contributed by atoms with Gasteiger partial charge in [-0.15, -0.1) is 0 Å². The molecule has 0 radical (unpaired) electrons. The molecule has 1 aliphatic rings. The van der Waals surface area contributed by atoms with Crippen molar-refractivity contribution < 1.29 is 9.47 Å². The minimum absolute atomic E-state index is 0.551. The number of nitrogens with one attached hydrogen (secondary N) is 2. The Kier molecular flexibility index (Phi) is 5.45. The summed E-state index contributed by atoms with van der Waals surface area (Å²) in [6, 6.07) is 8.97. The van der Waals surface area contributed by atoms with Gasteiger partial charge in [0.1, 0.15) is 0 Å². The van der Waals surface area contributed by atoms with E-state index in [1.807, 2.05) is 0 Å². The van der Waals surface area contributed by atoms with Crippen molar-refractivity contribution in [2.75, 3.05) is 38.7 Å². The molecule has 1 heterocycles. The summed E-state index contributed by atoms with van der Waals surface area (Å²) >= 11 is 0. The van der Waals surface area contributed by atoms with Crippen molar-refractivity contribution in [2.45, 2.75) is 19.1 Å². The van der Waals surface area contributed by atoms with E-state index in [0.717, 1.165) is 13.1 Å². The zero-order chi connectivity index (χ0) is 12.6. The third-order valence-corrected chi connectivity index (χ3v) is 3.06. The van der Waals surface area contributed by atoms with Gasteiger partial charge in [0, 0.05) is 25.4 Å². The molecule has 1 aliphatic heterocycles. The quantitative estimate of drug-likeness (QED) is 0.722. The van der Waals surface area contributed by atoms with Gasteiger partial charge in [0.15, 0.2) is 0 Å². The summed E-state index contributed by atoms with van der Waals surface area (Å²) in [5.41, 5.74) is 2.37. The van der Waals surface area contributed by atoms with Gasteiger partial charge in [-0.1, -0.05) is 12.1 Å². The molecule has 1 saturated heterocycles. The number of hydrogen-bond donors (Lipinski definition) is 2. The summed E-state index contributed by atoms with van der Waals surface area (Å²) < 4.78 is 10.5. The Morgan fingerprint density at radius 3 is 3.11 bits per heavy atom. The van der Waals surface area contributed by atoms with Crippen LogP contribution in [0.4, 0.5) is 5.69 Å². The fourth-order valence-corrected chi connectivity index (χ4v) is 2.10. The van der Waals surface area contributed by atoms with E-state index in [0.29, 0.717) is 25.9 Å². The van der Waals surface area contributed by atoms with Gasteiger partial charge >= 0.3 is 0 Å². The molecule has 1 fully saturated rings. The highest BCUT2D eigenvalue weighted by atomic mass is 16.5. The van der Waals surface area contributed by atoms with Crippen LogP contribution in [0.15, 0.2) is 24.3 Å². The van der Waals surface area contributed by atoms with E-state index >= 15 is 0 Å². The first kappa shape index (κ1) is 13.3. The topological polar surface area (TPSA) is 42.5 Å². The van der Waals surface area contributed by atoms with Crippen molar-refractivity contribution in [3.63, 3.8) is 0 Å². The van der Waals surface area contributed by atoms with Gasteiger partial charge in [-0.3, -0.25) is 0 Å². The van der Waals surface area contributed by atoms with Crippen molar-refractivity contribution in [1.82, 2.24) is 5.32 Å². The van der Waals surface area contributed by atoms with Crippen molar-refractivity contribution in [2.24, 2.45) is 0 Å². The average Bonchev–Trinajstić information content (AvgIpc) is 2.88. The fraction of sp³-hybridized carbons (Fsp3) is 0.571. The van der Waals surface area contributed by atoms with E-state index in [9.17, 15) is 0 Å². The molecule has 4 nitrogen and oxygen atoms in total. The molecule has 1 unspecified atom stereocenters. The SMILES string of the molecule is COCCOCc1cccc(NC2CCNC2)c1. The fourth-order valence-electron chi connectivity index (χ4n) is 2.10. The normalized spacial score (nSPS) is 19.1. The van der Waals surface area contributed by atoms with E-state index in [1.165, 1.54) is 17.7 Å². The lowest BCUT2D eigenvalue weighted by Gasteiger charge is -2.14. The van der Waals surface area contributed by atoms with Crippen LogP contribution in [0.5, 0.6) is 0 Å². The predicted octanol–water partition coefficient (Wildman–Crippen LogP) is 1.62. The maximum atomic E-state index is 5.52. The van der Waals surface area contributed by atoms with Crippen LogP contribution in [-0.2, 0) is 16.1 Å². The van der Waals surface area contributed by atoms with Gasteiger partial charge in [-0.25, -0.2) is 0 Å². The van der Waals surface area contributed by atoms with E-state index in [4.69, 9.17) is 9.47 Å². The largest absolute Gasteiger partial charge is 0.382 e. The van der Waals surface area contributed by atoms with Crippen molar-refractivity contribution >= 4 is 5.69 Å². The predicted molar refractivity (Wildman–Crippen MR) is 72.9 cm³/mol. The first-order valence-electron chi connectivity index (χ1n) is 6.51. The molecule has 1 atom stereocenters. The Labute approximate surface area is 109 Å². The molecule has 0 aliphatic carbocycles. The lowest BCUT2D eigenvalue weighted by molar-refractivity contribution is 0.0617. The van der Waals surface area contributed by atoms with Crippen molar-refractivity contribution in [3.05, 3.63) is 29.8 Å². The number of methoxy groups -OCH3 is 1. The molecule has 0 amide bonds. The third kappa shape index (κ3) is 4.29. The number of anilines is 1. The van der Waals surface area contributed by atoms with Gasteiger partial charge in [0.2, 0.25) is 0 Å². The minimum Gasteiger partial charge on any atom is -0.382 e. The van der Waals surface area contributed by atoms with Crippen LogP contribution >= 0.6 is 0 Å². The van der Waals surface area contributed by atoms with Crippen LogP contribution in [-0.4, -0.2) is 39.5 Å². The van der Waals surface area contributed by atoms with Crippen LogP contribution in [0, 0.1) is 0 Å². The molecule has 2 N–H and O–H groups in total. The number of ether oxygens (including phenoxy) is 2. The highest BCUT2D eigenvalue weighted by Gasteiger charge is 2.13. The maximum absolute atomic E-state index is 5.52. The van der Waals surface area contributed by atoms with Crippen molar-refractivity contribution in [1.29, 1.82) is 0 Å². The van der Waals surface area contributed by atoms with Gasteiger partial charge in [0.25, 0.3) is 0 Å². The second-order valence-electron chi connectivity index (χ2n) is 4.58. The molecule has 100 valence electrons. The summed E-state index contributed by atoms with van der Waals surface area (Å²) in [5.74, 6) is 0. The molecule has 18 heavy (non-hydrogen) atoms. The van der Waals surface area contributed by atoms with E-state index in [-0.39, 0.29) is 0 Å². The van der Waals surface area contributed by atoms with Crippen LogP contribution in [0.2, 0.25) is 0 Å². The summed E-state index contributed by atoms with van der Waals surface area (Å²) in [6.45, 7) is 4.08. The molecule has 1 aromatic carbocycles. The molecule has 0 saturated carbocycles. The maximum Gasteiger partial charge on any atom is 0.0718 e. The second-order valence-corrected chi connectivity index (χ2v) is 4.58. The molecule has 1 aromatic rings. The summed E-state index contributed by atoms with van der Waals surface area (Å²) in [4.78, 5) is 0. The first-order valence-corrected chi connectivity index (χ1v) is 6.51. The van der Waals surface area contributed by atoms with Crippen molar-refractivity contribution in [3.8, 4) is 0 Å². The number of rotatable bonds is 7. The molecule has 0 spiro atoms.